The van der Waals surface area contributed by atoms with Gasteiger partial charge in [0.05, 0.1) is 42.2 Å². The summed E-state index contributed by atoms with van der Waals surface area (Å²) in [6.45, 7) is 9.80. The average molecular weight is 770 g/mol. The van der Waals surface area contributed by atoms with Crippen molar-refractivity contribution in [2.24, 2.45) is 22.7 Å². The van der Waals surface area contributed by atoms with Gasteiger partial charge in [0, 0.05) is 24.4 Å². The zero-order chi connectivity index (χ0) is 39.1. The van der Waals surface area contributed by atoms with E-state index in [1.165, 1.54) is 4.90 Å². The number of aryl methyl sites for hydroxylation is 1. The van der Waals surface area contributed by atoms with Crippen molar-refractivity contribution in [1.82, 2.24) is 14.6 Å². The molecule has 2 amide bonds. The first kappa shape index (κ1) is 38.7. The molecular weight excluding hydrogens is 719 g/mol. The molecule has 5 atom stereocenters. The van der Waals surface area contributed by atoms with Crippen molar-refractivity contribution in [1.29, 1.82) is 0 Å². The molecule has 3 aromatic rings. The predicted molar refractivity (Wildman–Crippen MR) is 208 cm³/mol. The van der Waals surface area contributed by atoms with Crippen LogP contribution in [0.3, 0.4) is 0 Å². The summed E-state index contributed by atoms with van der Waals surface area (Å²) in [5.41, 5.74) is 1.27. The number of hydrogen-bond acceptors (Lipinski definition) is 9. The molecule has 11 nitrogen and oxygen atoms in total. The maximum Gasteiger partial charge on any atom is 0.306 e. The molecule has 4 aliphatic rings. The number of pyridine rings is 1. The van der Waals surface area contributed by atoms with Gasteiger partial charge in [-0.05, 0) is 90.5 Å². The fourth-order valence-corrected chi connectivity index (χ4v) is 9.68. The molecule has 55 heavy (non-hydrogen) atoms. The van der Waals surface area contributed by atoms with Crippen LogP contribution in [0.2, 0.25) is 0 Å². The SMILES string of the molecule is C=C[C@H]1C[C@]1(CC(=O)[C@@H]1C[C@@H]2CN1C(=O)[C@H](C(C)(C)C)CC(=O)OCCCCCc1cc(-c3ccccc3)c3ccnc(c3c1)O2)C(=O)NS(=O)(=O)C1CC1. The van der Waals surface area contributed by atoms with Crippen LogP contribution in [0, 0.1) is 22.7 Å². The van der Waals surface area contributed by atoms with Gasteiger partial charge in [-0.2, -0.15) is 0 Å². The van der Waals surface area contributed by atoms with Gasteiger partial charge in [0.2, 0.25) is 27.7 Å². The number of hydrogen-bond donors (Lipinski definition) is 1. The van der Waals surface area contributed by atoms with Gasteiger partial charge in [0.15, 0.2) is 5.78 Å². The molecule has 2 aliphatic heterocycles. The molecule has 292 valence electrons. The second-order valence-electron chi connectivity index (χ2n) is 16.9. The minimum absolute atomic E-state index is 0.0559. The van der Waals surface area contributed by atoms with Crippen molar-refractivity contribution in [3.8, 4) is 17.0 Å². The smallest absolute Gasteiger partial charge is 0.306 e. The van der Waals surface area contributed by atoms with Gasteiger partial charge < -0.3 is 14.4 Å². The van der Waals surface area contributed by atoms with Crippen molar-refractivity contribution < 1.29 is 37.1 Å². The van der Waals surface area contributed by atoms with E-state index in [9.17, 15) is 27.6 Å². The monoisotopic (exact) mass is 769 g/mol. The molecule has 3 fully saturated rings. The Balaban J connectivity index is 1.25. The molecule has 1 aromatic heterocycles. The highest BCUT2D eigenvalue weighted by Crippen LogP contribution is 2.57. The highest BCUT2D eigenvalue weighted by atomic mass is 32.2. The lowest BCUT2D eigenvalue weighted by Gasteiger charge is -2.34. The first-order chi connectivity index (χ1) is 26.2. The molecule has 7 rings (SSSR count). The maximum absolute atomic E-state index is 14.7. The summed E-state index contributed by atoms with van der Waals surface area (Å²) in [5.74, 6) is -2.73. The van der Waals surface area contributed by atoms with E-state index in [-0.39, 0.29) is 50.5 Å². The quantitative estimate of drug-likeness (QED) is 0.205. The molecule has 1 N–H and O–H groups in total. The van der Waals surface area contributed by atoms with E-state index < -0.39 is 62.0 Å². The van der Waals surface area contributed by atoms with Crippen LogP contribution in [-0.4, -0.2) is 72.4 Å². The van der Waals surface area contributed by atoms with Crippen LogP contribution in [-0.2, 0) is 40.4 Å². The molecule has 2 aliphatic carbocycles. The Morgan fingerprint density at radius 2 is 1.82 bits per heavy atom. The number of nitrogens with one attached hydrogen (secondary N) is 1. The third-order valence-corrected chi connectivity index (χ3v) is 13.6. The molecule has 3 heterocycles. The topological polar surface area (TPSA) is 149 Å². The Morgan fingerprint density at radius 3 is 2.51 bits per heavy atom. The predicted octanol–water partition coefficient (Wildman–Crippen LogP) is 6.33. The van der Waals surface area contributed by atoms with Crippen molar-refractivity contribution in [2.75, 3.05) is 13.2 Å². The molecule has 12 heteroatoms. The molecule has 0 radical (unpaired) electrons. The van der Waals surface area contributed by atoms with E-state index in [2.05, 4.69) is 40.6 Å². The third kappa shape index (κ3) is 8.20. The first-order valence-electron chi connectivity index (χ1n) is 19.5. The summed E-state index contributed by atoms with van der Waals surface area (Å²) >= 11 is 0. The Bertz CT molecular complexity index is 2110. The van der Waals surface area contributed by atoms with Gasteiger partial charge in [0.25, 0.3) is 0 Å². The van der Waals surface area contributed by atoms with Crippen molar-refractivity contribution in [3.63, 3.8) is 0 Å². The Morgan fingerprint density at radius 1 is 1.05 bits per heavy atom. The van der Waals surface area contributed by atoms with Crippen molar-refractivity contribution in [2.45, 2.75) is 102 Å². The number of amides is 2. The number of fused-ring (bicyclic) bond motifs is 3. The number of esters is 1. The number of allylic oxidation sites excluding steroid dienone is 1. The molecule has 4 bridgehead atoms. The minimum Gasteiger partial charge on any atom is -0.472 e. The third-order valence-electron chi connectivity index (χ3n) is 11.8. The molecule has 0 unspecified atom stereocenters. The van der Waals surface area contributed by atoms with E-state index in [0.29, 0.717) is 25.1 Å². The first-order valence-corrected chi connectivity index (χ1v) is 21.1. The summed E-state index contributed by atoms with van der Waals surface area (Å²) in [4.78, 5) is 62.2. The number of sulfonamides is 1. The van der Waals surface area contributed by atoms with Gasteiger partial charge in [-0.3, -0.25) is 23.9 Å². The molecule has 0 spiro atoms. The number of ketones is 1. The second kappa shape index (κ2) is 15.2. The van der Waals surface area contributed by atoms with E-state index in [4.69, 9.17) is 9.47 Å². The molecular formula is C43H51N3O8S. The number of aromatic nitrogens is 1. The number of benzene rings is 2. The second-order valence-corrected chi connectivity index (χ2v) is 18.8. The minimum atomic E-state index is -3.85. The van der Waals surface area contributed by atoms with Gasteiger partial charge in [-0.1, -0.05) is 63.2 Å². The Hall–Kier alpha value is -4.58. The zero-order valence-electron chi connectivity index (χ0n) is 31.9. The largest absolute Gasteiger partial charge is 0.472 e. The standard InChI is InChI=1S/C43H51N3O8S/c1-5-29-24-43(29,41(50)45-55(51,52)31-15-16-31)25-37(47)36-22-30-26-46(36)40(49)35(42(2,3)4)23-38(48)53-19-11-7-8-12-27-20-33(28-13-9-6-10-14-28)32-17-18-44-39(54-30)34(32)21-27/h5-6,9-10,13-14,17-18,20-21,29-31,35-36H,1,7-8,11-12,15-16,19,22-26H2,2-4H3,(H,45,50)/t29-,30+,35+,36-,43+/m0/s1. The summed E-state index contributed by atoms with van der Waals surface area (Å²) in [5, 5.41) is 1.19. The van der Waals surface area contributed by atoms with Gasteiger partial charge in [0.1, 0.15) is 6.10 Å². The highest BCUT2D eigenvalue weighted by Gasteiger charge is 2.61. The van der Waals surface area contributed by atoms with Gasteiger partial charge in [-0.15, -0.1) is 6.58 Å². The number of nitrogens with zero attached hydrogens (tertiary/aromatic N) is 2. The number of Topliss-reactive ketones (excluding diaryl/α,β-unsaturated/α-hetero) is 1. The fourth-order valence-electron chi connectivity index (χ4n) is 8.29. The van der Waals surface area contributed by atoms with Crippen LogP contribution in [0.5, 0.6) is 5.88 Å². The average Bonchev–Trinajstić information content (AvgIpc) is 4.08. The van der Waals surface area contributed by atoms with Crippen LogP contribution in [0.25, 0.3) is 21.9 Å². The highest BCUT2D eigenvalue weighted by molar-refractivity contribution is 7.90. The molecule has 1 saturated heterocycles. The van der Waals surface area contributed by atoms with E-state index in [0.717, 1.165) is 46.7 Å². The Labute approximate surface area is 323 Å². The zero-order valence-corrected chi connectivity index (χ0v) is 32.7. The lowest BCUT2D eigenvalue weighted by Crippen LogP contribution is -2.48. The lowest BCUT2D eigenvalue weighted by atomic mass is 9.77. The maximum atomic E-state index is 14.7. The van der Waals surface area contributed by atoms with E-state index in [1.807, 2.05) is 45.0 Å². The summed E-state index contributed by atoms with van der Waals surface area (Å²) in [6.07, 6.45) is 6.84. The normalized spacial score (nSPS) is 26.4. The summed E-state index contributed by atoms with van der Waals surface area (Å²) < 4.78 is 40.1. The number of carbonyl (C=O) groups is 4. The van der Waals surface area contributed by atoms with Crippen LogP contribution in [0.4, 0.5) is 0 Å². The van der Waals surface area contributed by atoms with Crippen molar-refractivity contribution >= 4 is 44.4 Å². The fraction of sp³-hybridized carbons (Fsp3) is 0.512. The molecule has 2 saturated carbocycles. The van der Waals surface area contributed by atoms with Crippen LogP contribution in [0.1, 0.15) is 84.1 Å². The lowest BCUT2D eigenvalue weighted by molar-refractivity contribution is -0.153. The van der Waals surface area contributed by atoms with Crippen LogP contribution in [0.15, 0.2) is 67.4 Å². The summed E-state index contributed by atoms with van der Waals surface area (Å²) in [7, 11) is -3.85. The van der Waals surface area contributed by atoms with Crippen molar-refractivity contribution in [3.05, 3.63) is 72.9 Å². The number of ether oxygens (including phenoxy) is 2. The number of carbonyl (C=O) groups excluding carboxylic acids is 4. The van der Waals surface area contributed by atoms with Crippen LogP contribution >= 0.6 is 0 Å². The Kier molecular flexibility index (Phi) is 10.7. The van der Waals surface area contributed by atoms with E-state index >= 15 is 0 Å². The summed E-state index contributed by atoms with van der Waals surface area (Å²) in [6, 6.07) is 15.4. The number of cyclic esters (lactones) is 1. The van der Waals surface area contributed by atoms with Gasteiger partial charge in [-0.25, -0.2) is 13.4 Å². The number of rotatable bonds is 8. The van der Waals surface area contributed by atoms with Gasteiger partial charge >= 0.3 is 5.97 Å². The van der Waals surface area contributed by atoms with Crippen LogP contribution < -0.4 is 9.46 Å². The molecule has 2 aromatic carbocycles. The van der Waals surface area contributed by atoms with E-state index in [1.54, 1.807) is 12.3 Å².